The zero-order chi connectivity index (χ0) is 21.2. The van der Waals surface area contributed by atoms with Crippen molar-refractivity contribution in [2.75, 3.05) is 66.0 Å². The number of piperazine rings is 1. The molecule has 2 aliphatic heterocycles. The molecule has 0 spiro atoms. The highest BCUT2D eigenvalue weighted by Gasteiger charge is 2.24. The Bertz CT molecular complexity index is 632. The number of nitrogens with one attached hydrogen (secondary N) is 2. The standard InChI is InChI=1S/C24H42N6.HI/c1-4-25-24(26-17-21(2)19-29-15-13-28(3)14-16-29)27-18-23-11-8-12-30(23)20-22-9-6-5-7-10-22;/h5-7,9-10,21,23H,4,8,11-20H2,1-3H3,(H2,25,26,27);1H. The first-order chi connectivity index (χ1) is 14.6. The fourth-order valence-corrected chi connectivity index (χ4v) is 4.48. The first-order valence-electron chi connectivity index (χ1n) is 11.8. The van der Waals surface area contributed by atoms with E-state index in [2.05, 4.69) is 76.6 Å². The molecule has 6 nitrogen and oxygen atoms in total. The number of aliphatic imine (C=N–C) groups is 1. The summed E-state index contributed by atoms with van der Waals surface area (Å²) in [5.41, 5.74) is 1.41. The van der Waals surface area contributed by atoms with Crippen molar-refractivity contribution < 1.29 is 0 Å². The summed E-state index contributed by atoms with van der Waals surface area (Å²) in [6.45, 7) is 15.3. The Morgan fingerprint density at radius 1 is 1.10 bits per heavy atom. The van der Waals surface area contributed by atoms with E-state index in [9.17, 15) is 0 Å². The van der Waals surface area contributed by atoms with E-state index in [0.29, 0.717) is 12.0 Å². The first kappa shape index (κ1) is 26.4. The fraction of sp³-hybridized carbons (Fsp3) is 0.708. The lowest BCUT2D eigenvalue weighted by molar-refractivity contribution is 0.140. The zero-order valence-corrected chi connectivity index (χ0v) is 22.1. The maximum absolute atomic E-state index is 4.90. The number of hydrogen-bond acceptors (Lipinski definition) is 4. The van der Waals surface area contributed by atoms with Crippen LogP contribution in [0.15, 0.2) is 35.3 Å². The second-order valence-electron chi connectivity index (χ2n) is 9.06. The third kappa shape index (κ3) is 9.24. The number of likely N-dealkylation sites (tertiary alicyclic amines) is 1. The Balaban J connectivity index is 0.00000341. The summed E-state index contributed by atoms with van der Waals surface area (Å²) < 4.78 is 0. The van der Waals surface area contributed by atoms with Crippen molar-refractivity contribution >= 4 is 29.9 Å². The lowest BCUT2D eigenvalue weighted by atomic mass is 10.1. The molecule has 0 aliphatic carbocycles. The van der Waals surface area contributed by atoms with E-state index in [1.54, 1.807) is 0 Å². The van der Waals surface area contributed by atoms with Gasteiger partial charge in [0, 0.05) is 64.9 Å². The molecule has 0 saturated carbocycles. The zero-order valence-electron chi connectivity index (χ0n) is 19.7. The van der Waals surface area contributed by atoms with Gasteiger partial charge in [0.1, 0.15) is 0 Å². The van der Waals surface area contributed by atoms with Crippen molar-refractivity contribution in [1.82, 2.24) is 25.3 Å². The Kier molecular flexibility index (Phi) is 12.1. The molecule has 2 saturated heterocycles. The smallest absolute Gasteiger partial charge is 0.191 e. The number of halogens is 1. The van der Waals surface area contributed by atoms with Crippen LogP contribution in [-0.2, 0) is 6.54 Å². The van der Waals surface area contributed by atoms with E-state index in [1.807, 2.05) is 0 Å². The van der Waals surface area contributed by atoms with Crippen molar-refractivity contribution in [2.24, 2.45) is 10.9 Å². The minimum atomic E-state index is 0. The Morgan fingerprint density at radius 2 is 1.84 bits per heavy atom. The van der Waals surface area contributed by atoms with Gasteiger partial charge in [0.15, 0.2) is 5.96 Å². The number of hydrogen-bond donors (Lipinski definition) is 2. The largest absolute Gasteiger partial charge is 0.357 e. The minimum Gasteiger partial charge on any atom is -0.357 e. The molecule has 2 N–H and O–H groups in total. The molecule has 2 unspecified atom stereocenters. The molecule has 1 aromatic rings. The third-order valence-electron chi connectivity index (χ3n) is 6.30. The summed E-state index contributed by atoms with van der Waals surface area (Å²) in [5, 5.41) is 7.06. The van der Waals surface area contributed by atoms with E-state index < -0.39 is 0 Å². The molecule has 7 heteroatoms. The predicted molar refractivity (Wildman–Crippen MR) is 142 cm³/mol. The number of nitrogens with zero attached hydrogens (tertiary/aromatic N) is 4. The molecule has 0 bridgehead atoms. The minimum absolute atomic E-state index is 0. The van der Waals surface area contributed by atoms with Crippen molar-refractivity contribution in [3.8, 4) is 0 Å². The molecule has 0 radical (unpaired) electrons. The van der Waals surface area contributed by atoms with E-state index in [4.69, 9.17) is 4.99 Å². The van der Waals surface area contributed by atoms with Crippen LogP contribution < -0.4 is 10.6 Å². The average molecular weight is 543 g/mol. The van der Waals surface area contributed by atoms with Gasteiger partial charge in [0.05, 0.1) is 0 Å². The van der Waals surface area contributed by atoms with E-state index in [1.165, 1.54) is 51.1 Å². The van der Waals surface area contributed by atoms with Crippen molar-refractivity contribution in [3.05, 3.63) is 35.9 Å². The van der Waals surface area contributed by atoms with Gasteiger partial charge in [-0.1, -0.05) is 37.3 Å². The van der Waals surface area contributed by atoms with Crippen molar-refractivity contribution in [3.63, 3.8) is 0 Å². The van der Waals surface area contributed by atoms with Gasteiger partial charge in [-0.3, -0.25) is 9.89 Å². The number of benzene rings is 1. The summed E-state index contributed by atoms with van der Waals surface area (Å²) in [7, 11) is 2.21. The second kappa shape index (κ2) is 14.3. The number of guanidine groups is 1. The van der Waals surface area contributed by atoms with Gasteiger partial charge >= 0.3 is 0 Å². The molecule has 0 amide bonds. The maximum Gasteiger partial charge on any atom is 0.191 e. The molecule has 176 valence electrons. The maximum atomic E-state index is 4.90. The molecule has 3 rings (SSSR count). The van der Waals surface area contributed by atoms with Gasteiger partial charge in [-0.15, -0.1) is 24.0 Å². The van der Waals surface area contributed by atoms with Crippen LogP contribution in [-0.4, -0.2) is 92.7 Å². The molecule has 2 fully saturated rings. The predicted octanol–water partition coefficient (Wildman–Crippen LogP) is 2.71. The normalized spacial score (nSPS) is 22.2. The molecule has 2 heterocycles. The van der Waals surface area contributed by atoms with Crippen LogP contribution in [0.2, 0.25) is 0 Å². The second-order valence-corrected chi connectivity index (χ2v) is 9.06. The van der Waals surface area contributed by atoms with Crippen LogP contribution in [0.4, 0.5) is 0 Å². The molecular formula is C24H43IN6. The Labute approximate surface area is 206 Å². The van der Waals surface area contributed by atoms with Gasteiger partial charge in [0.2, 0.25) is 0 Å². The van der Waals surface area contributed by atoms with Crippen molar-refractivity contribution in [1.29, 1.82) is 0 Å². The fourth-order valence-electron chi connectivity index (χ4n) is 4.48. The van der Waals surface area contributed by atoms with Gasteiger partial charge in [-0.05, 0) is 44.8 Å². The SMILES string of the molecule is CCNC(=NCC(C)CN1CCN(C)CC1)NCC1CCCN1Cc1ccccc1.I. The molecule has 2 aliphatic rings. The van der Waals surface area contributed by atoms with Crippen LogP contribution in [0.25, 0.3) is 0 Å². The first-order valence-corrected chi connectivity index (χ1v) is 11.8. The Morgan fingerprint density at radius 3 is 2.55 bits per heavy atom. The van der Waals surface area contributed by atoms with Crippen LogP contribution in [0.1, 0.15) is 32.3 Å². The third-order valence-corrected chi connectivity index (χ3v) is 6.30. The van der Waals surface area contributed by atoms with E-state index >= 15 is 0 Å². The Hall–Kier alpha value is -0.900. The quantitative estimate of drug-likeness (QED) is 0.286. The molecule has 31 heavy (non-hydrogen) atoms. The highest BCUT2D eigenvalue weighted by Crippen LogP contribution is 2.19. The van der Waals surface area contributed by atoms with E-state index in [-0.39, 0.29) is 24.0 Å². The van der Waals surface area contributed by atoms with Gasteiger partial charge in [-0.2, -0.15) is 0 Å². The van der Waals surface area contributed by atoms with Crippen molar-refractivity contribution in [2.45, 2.75) is 39.3 Å². The van der Waals surface area contributed by atoms with Crippen LogP contribution in [0, 0.1) is 5.92 Å². The lowest BCUT2D eigenvalue weighted by Gasteiger charge is -2.33. The topological polar surface area (TPSA) is 46.1 Å². The van der Waals surface area contributed by atoms with Crippen LogP contribution in [0.3, 0.4) is 0 Å². The van der Waals surface area contributed by atoms with Gasteiger partial charge in [0.25, 0.3) is 0 Å². The van der Waals surface area contributed by atoms with E-state index in [0.717, 1.165) is 38.7 Å². The summed E-state index contributed by atoms with van der Waals surface area (Å²) in [4.78, 5) is 12.5. The molecule has 2 atom stereocenters. The summed E-state index contributed by atoms with van der Waals surface area (Å²) in [5.74, 6) is 1.54. The highest BCUT2D eigenvalue weighted by atomic mass is 127. The van der Waals surface area contributed by atoms with Crippen LogP contribution >= 0.6 is 24.0 Å². The molecule has 0 aromatic heterocycles. The summed E-state index contributed by atoms with van der Waals surface area (Å²) in [6, 6.07) is 11.4. The lowest BCUT2D eigenvalue weighted by Crippen LogP contribution is -2.46. The van der Waals surface area contributed by atoms with Gasteiger partial charge < -0.3 is 20.4 Å². The molecule has 1 aromatic carbocycles. The van der Waals surface area contributed by atoms with Crippen LogP contribution in [0.5, 0.6) is 0 Å². The average Bonchev–Trinajstić information content (AvgIpc) is 3.19. The summed E-state index contributed by atoms with van der Waals surface area (Å²) >= 11 is 0. The monoisotopic (exact) mass is 542 g/mol. The number of likely N-dealkylation sites (N-methyl/N-ethyl adjacent to an activating group) is 1. The van der Waals surface area contributed by atoms with Gasteiger partial charge in [-0.25, -0.2) is 0 Å². The summed E-state index contributed by atoms with van der Waals surface area (Å²) in [6.07, 6.45) is 2.55. The highest BCUT2D eigenvalue weighted by molar-refractivity contribution is 14.0. The number of rotatable bonds is 9. The molecular weight excluding hydrogens is 499 g/mol.